The molecule has 1 aromatic heterocycles. The van der Waals surface area contributed by atoms with Crippen LogP contribution in [0.25, 0.3) is 0 Å². The molecule has 1 saturated carbocycles. The minimum Gasteiger partial charge on any atom is -0.478 e. The highest BCUT2D eigenvalue weighted by Gasteiger charge is 2.32. The molecule has 1 aromatic carbocycles. The summed E-state index contributed by atoms with van der Waals surface area (Å²) in [5, 5.41) is 17.5. The van der Waals surface area contributed by atoms with E-state index in [0.717, 1.165) is 23.8 Å². The summed E-state index contributed by atoms with van der Waals surface area (Å²) in [7, 11) is 0. The lowest BCUT2D eigenvalue weighted by Gasteiger charge is -2.28. The van der Waals surface area contributed by atoms with E-state index in [1.54, 1.807) is 24.3 Å². The van der Waals surface area contributed by atoms with E-state index in [1.165, 1.54) is 12.8 Å². The number of hydrogen-bond acceptors (Lipinski definition) is 4. The molecule has 1 aliphatic carbocycles. The second-order valence-electron chi connectivity index (χ2n) is 6.72. The van der Waals surface area contributed by atoms with Gasteiger partial charge in [-0.3, -0.25) is 4.79 Å². The van der Waals surface area contributed by atoms with Gasteiger partial charge in [0, 0.05) is 25.4 Å². The Bertz CT molecular complexity index is 808. The number of nitrogens with zero attached hydrogens (tertiary/aromatic N) is 4. The fourth-order valence-corrected chi connectivity index (χ4v) is 3.26. The van der Waals surface area contributed by atoms with Gasteiger partial charge in [-0.25, -0.2) is 4.79 Å². The smallest absolute Gasteiger partial charge is 0.335 e. The number of fused-ring (bicyclic) bond motifs is 1. The Morgan fingerprint density at radius 3 is 2.56 bits per heavy atom. The first-order valence-corrected chi connectivity index (χ1v) is 8.64. The Morgan fingerprint density at radius 2 is 1.88 bits per heavy atom. The third-order valence-corrected chi connectivity index (χ3v) is 4.91. The van der Waals surface area contributed by atoms with Crippen molar-refractivity contribution < 1.29 is 14.7 Å². The Kier molecular flexibility index (Phi) is 3.99. The summed E-state index contributed by atoms with van der Waals surface area (Å²) in [6, 6.07) is 6.69. The largest absolute Gasteiger partial charge is 0.478 e. The molecule has 0 unspecified atom stereocenters. The van der Waals surface area contributed by atoms with Gasteiger partial charge in [0.15, 0.2) is 5.82 Å². The molecule has 1 amide bonds. The van der Waals surface area contributed by atoms with E-state index >= 15 is 0 Å². The van der Waals surface area contributed by atoms with Gasteiger partial charge in [-0.2, -0.15) is 0 Å². The molecule has 0 spiro atoms. The molecule has 2 aliphatic rings. The average Bonchev–Trinajstić information content (AvgIpc) is 3.38. The van der Waals surface area contributed by atoms with Crippen LogP contribution in [0.5, 0.6) is 0 Å². The molecule has 0 bridgehead atoms. The van der Waals surface area contributed by atoms with Crippen molar-refractivity contribution in [1.29, 1.82) is 0 Å². The van der Waals surface area contributed by atoms with Crippen LogP contribution >= 0.6 is 0 Å². The number of hydrogen-bond donors (Lipinski definition) is 1. The molecular weight excluding hydrogens is 320 g/mol. The third-order valence-electron chi connectivity index (χ3n) is 4.91. The van der Waals surface area contributed by atoms with Crippen LogP contribution in [0.15, 0.2) is 24.3 Å². The van der Waals surface area contributed by atoms with Gasteiger partial charge in [-0.05, 0) is 37.0 Å². The maximum absolute atomic E-state index is 12.5. The summed E-state index contributed by atoms with van der Waals surface area (Å²) in [4.78, 5) is 25.2. The summed E-state index contributed by atoms with van der Waals surface area (Å²) >= 11 is 0. The van der Waals surface area contributed by atoms with E-state index in [-0.39, 0.29) is 11.5 Å². The number of carbonyl (C=O) groups is 2. The molecule has 4 rings (SSSR count). The van der Waals surface area contributed by atoms with Crippen LogP contribution in [0.3, 0.4) is 0 Å². The van der Waals surface area contributed by atoms with Gasteiger partial charge >= 0.3 is 5.97 Å². The molecule has 1 aliphatic heterocycles. The van der Waals surface area contributed by atoms with Crippen molar-refractivity contribution in [2.45, 2.75) is 44.7 Å². The zero-order valence-electron chi connectivity index (χ0n) is 13.9. The van der Waals surface area contributed by atoms with Crippen LogP contribution in [0.2, 0.25) is 0 Å². The predicted octanol–water partition coefficient (Wildman–Crippen LogP) is 1.83. The first-order chi connectivity index (χ1) is 12.1. The van der Waals surface area contributed by atoms with E-state index in [0.29, 0.717) is 31.8 Å². The topological polar surface area (TPSA) is 88.3 Å². The number of aryl methyl sites for hydroxylation is 1. The normalized spacial score (nSPS) is 16.6. The number of carboxylic acid groups (broad SMARTS) is 1. The number of amides is 1. The third kappa shape index (κ3) is 3.26. The van der Waals surface area contributed by atoms with E-state index in [4.69, 9.17) is 5.11 Å². The monoisotopic (exact) mass is 340 g/mol. The summed E-state index contributed by atoms with van der Waals surface area (Å²) in [5.74, 6) is 1.69. The summed E-state index contributed by atoms with van der Waals surface area (Å²) in [5.41, 5.74) is 1.23. The van der Waals surface area contributed by atoms with Gasteiger partial charge in [0.25, 0.3) is 0 Å². The van der Waals surface area contributed by atoms with Crippen LogP contribution in [-0.4, -0.2) is 43.2 Å². The number of carbonyl (C=O) groups excluding carboxylic acids is 1. The molecule has 1 fully saturated rings. The quantitative estimate of drug-likeness (QED) is 0.897. The highest BCUT2D eigenvalue weighted by atomic mass is 16.4. The fraction of sp³-hybridized carbons (Fsp3) is 0.444. The van der Waals surface area contributed by atoms with Crippen LogP contribution in [-0.2, 0) is 24.3 Å². The number of rotatable bonds is 5. The lowest BCUT2D eigenvalue weighted by Crippen LogP contribution is -2.38. The molecule has 25 heavy (non-hydrogen) atoms. The number of aromatic carboxylic acids is 1. The minimum absolute atomic E-state index is 0.101. The van der Waals surface area contributed by atoms with Gasteiger partial charge < -0.3 is 14.6 Å². The predicted molar refractivity (Wildman–Crippen MR) is 89.1 cm³/mol. The lowest BCUT2D eigenvalue weighted by atomic mass is 10.1. The second-order valence-corrected chi connectivity index (χ2v) is 6.72. The van der Waals surface area contributed by atoms with Crippen LogP contribution in [0.1, 0.15) is 52.8 Å². The molecule has 0 atom stereocenters. The van der Waals surface area contributed by atoms with Crippen molar-refractivity contribution in [2.24, 2.45) is 0 Å². The van der Waals surface area contributed by atoms with Gasteiger partial charge in [0.2, 0.25) is 5.91 Å². The molecule has 7 nitrogen and oxygen atoms in total. The SMILES string of the molecule is O=C(O)c1ccc(CCC(=O)N2CCn3c(nnc3C3CC3)C2)cc1. The van der Waals surface area contributed by atoms with Gasteiger partial charge in [-0.15, -0.1) is 10.2 Å². The Labute approximate surface area is 145 Å². The minimum atomic E-state index is -0.939. The van der Waals surface area contributed by atoms with Crippen molar-refractivity contribution in [3.63, 3.8) is 0 Å². The summed E-state index contributed by atoms with van der Waals surface area (Å²) < 4.78 is 2.17. The van der Waals surface area contributed by atoms with Gasteiger partial charge in [0.1, 0.15) is 5.82 Å². The van der Waals surface area contributed by atoms with Crippen molar-refractivity contribution in [3.05, 3.63) is 47.0 Å². The fourth-order valence-electron chi connectivity index (χ4n) is 3.26. The molecule has 130 valence electrons. The van der Waals surface area contributed by atoms with Gasteiger partial charge in [-0.1, -0.05) is 12.1 Å². The van der Waals surface area contributed by atoms with Crippen molar-refractivity contribution in [3.8, 4) is 0 Å². The van der Waals surface area contributed by atoms with Gasteiger partial charge in [0.05, 0.1) is 12.1 Å². The maximum atomic E-state index is 12.5. The Morgan fingerprint density at radius 1 is 1.12 bits per heavy atom. The van der Waals surface area contributed by atoms with E-state index in [1.807, 2.05) is 4.90 Å². The lowest BCUT2D eigenvalue weighted by molar-refractivity contribution is -0.132. The van der Waals surface area contributed by atoms with Crippen molar-refractivity contribution in [1.82, 2.24) is 19.7 Å². The molecule has 2 heterocycles. The Balaban J connectivity index is 1.34. The summed E-state index contributed by atoms with van der Waals surface area (Å²) in [6.07, 6.45) is 3.41. The number of carboxylic acids is 1. The average molecular weight is 340 g/mol. The standard InChI is InChI=1S/C18H20N4O3/c23-16(8-3-12-1-4-14(5-2-12)18(24)25)21-9-10-22-15(11-21)19-20-17(22)13-6-7-13/h1-2,4-5,13H,3,6-11H2,(H,24,25). The number of benzene rings is 1. The Hall–Kier alpha value is -2.70. The zero-order valence-corrected chi connectivity index (χ0v) is 13.9. The molecule has 0 radical (unpaired) electrons. The molecular formula is C18H20N4O3. The molecule has 2 aromatic rings. The first-order valence-electron chi connectivity index (χ1n) is 8.64. The highest BCUT2D eigenvalue weighted by Crippen LogP contribution is 2.39. The first kappa shape index (κ1) is 15.8. The highest BCUT2D eigenvalue weighted by molar-refractivity contribution is 5.87. The van der Waals surface area contributed by atoms with Crippen molar-refractivity contribution in [2.75, 3.05) is 6.54 Å². The maximum Gasteiger partial charge on any atom is 0.335 e. The van der Waals surface area contributed by atoms with E-state index in [9.17, 15) is 9.59 Å². The van der Waals surface area contributed by atoms with Crippen LogP contribution in [0.4, 0.5) is 0 Å². The number of aromatic nitrogens is 3. The molecule has 1 N–H and O–H groups in total. The molecule has 7 heteroatoms. The second kappa shape index (κ2) is 6.31. The van der Waals surface area contributed by atoms with Crippen molar-refractivity contribution >= 4 is 11.9 Å². The summed E-state index contributed by atoms with van der Waals surface area (Å²) in [6.45, 7) is 1.99. The van der Waals surface area contributed by atoms with Crippen LogP contribution < -0.4 is 0 Å². The zero-order chi connectivity index (χ0) is 17.4. The van der Waals surface area contributed by atoms with E-state index < -0.39 is 5.97 Å². The van der Waals surface area contributed by atoms with Crippen LogP contribution in [0, 0.1) is 0 Å². The molecule has 0 saturated heterocycles. The van der Waals surface area contributed by atoms with E-state index in [2.05, 4.69) is 14.8 Å².